The van der Waals surface area contributed by atoms with Crippen molar-refractivity contribution in [3.05, 3.63) is 27.4 Å². The molecule has 0 unspecified atom stereocenters. The average molecular weight is 271 g/mol. The Morgan fingerprint density at radius 3 is 2.83 bits per heavy atom. The minimum absolute atomic E-state index is 0.0757. The lowest BCUT2D eigenvalue weighted by molar-refractivity contribution is -0.385. The van der Waals surface area contributed by atoms with Crippen molar-refractivity contribution in [1.82, 2.24) is 4.98 Å². The van der Waals surface area contributed by atoms with Gasteiger partial charge < -0.3 is 11.1 Å². The molecule has 1 saturated carbocycles. The number of nitrogens with one attached hydrogen (secondary N) is 1. The Hall–Kier alpha value is -1.40. The largest absolute Gasteiger partial charge is 0.365 e. The molecule has 0 amide bonds. The standard InChI is InChI=1S/C11H15ClN4O2/c12-8-5-7(16(17)18)6-14-11(8)15-10-4-2-1-3-9(10)13/h5-6,9-10H,1-4,13H2,(H,14,15)/t9-,10-/m1/s1. The second-order valence-corrected chi connectivity index (χ2v) is 4.89. The highest BCUT2D eigenvalue weighted by Crippen LogP contribution is 2.27. The van der Waals surface area contributed by atoms with E-state index in [-0.39, 0.29) is 22.8 Å². The first-order valence-electron chi connectivity index (χ1n) is 5.90. The van der Waals surface area contributed by atoms with Crippen LogP contribution >= 0.6 is 11.6 Å². The zero-order valence-corrected chi connectivity index (χ0v) is 10.6. The summed E-state index contributed by atoms with van der Waals surface area (Å²) in [6, 6.07) is 1.50. The van der Waals surface area contributed by atoms with Gasteiger partial charge >= 0.3 is 0 Å². The molecule has 7 heteroatoms. The molecule has 98 valence electrons. The molecule has 1 fully saturated rings. The number of pyridine rings is 1. The predicted molar refractivity (Wildman–Crippen MR) is 69.8 cm³/mol. The van der Waals surface area contributed by atoms with E-state index in [0.29, 0.717) is 5.82 Å². The molecule has 0 spiro atoms. The molecule has 2 rings (SSSR count). The molecular weight excluding hydrogens is 256 g/mol. The molecule has 1 aromatic rings. The number of anilines is 1. The van der Waals surface area contributed by atoms with E-state index >= 15 is 0 Å². The number of nitro groups is 1. The van der Waals surface area contributed by atoms with Crippen molar-refractivity contribution < 1.29 is 4.92 Å². The van der Waals surface area contributed by atoms with Crippen molar-refractivity contribution >= 4 is 23.1 Å². The zero-order chi connectivity index (χ0) is 13.1. The monoisotopic (exact) mass is 270 g/mol. The van der Waals surface area contributed by atoms with Crippen molar-refractivity contribution in [2.45, 2.75) is 37.8 Å². The first kappa shape index (κ1) is 13.0. The molecule has 6 nitrogen and oxygen atoms in total. The van der Waals surface area contributed by atoms with Crippen LogP contribution in [0.1, 0.15) is 25.7 Å². The Kier molecular flexibility index (Phi) is 3.98. The van der Waals surface area contributed by atoms with Gasteiger partial charge in [-0.15, -0.1) is 0 Å². The van der Waals surface area contributed by atoms with Crippen molar-refractivity contribution in [3.63, 3.8) is 0 Å². The highest BCUT2D eigenvalue weighted by molar-refractivity contribution is 6.33. The van der Waals surface area contributed by atoms with Gasteiger partial charge in [0.15, 0.2) is 0 Å². The van der Waals surface area contributed by atoms with Crippen LogP contribution in [0.5, 0.6) is 0 Å². The zero-order valence-electron chi connectivity index (χ0n) is 9.80. The Balaban J connectivity index is 2.11. The number of nitrogens with two attached hydrogens (primary N) is 1. The van der Waals surface area contributed by atoms with Crippen molar-refractivity contribution in [3.8, 4) is 0 Å². The van der Waals surface area contributed by atoms with E-state index in [1.807, 2.05) is 0 Å². The Morgan fingerprint density at radius 2 is 2.22 bits per heavy atom. The van der Waals surface area contributed by atoms with Crippen LogP contribution < -0.4 is 11.1 Å². The highest BCUT2D eigenvalue weighted by Gasteiger charge is 2.23. The number of aromatic nitrogens is 1. The van der Waals surface area contributed by atoms with Gasteiger partial charge in [0, 0.05) is 18.2 Å². The van der Waals surface area contributed by atoms with Gasteiger partial charge in [-0.05, 0) is 12.8 Å². The lowest BCUT2D eigenvalue weighted by Crippen LogP contribution is -2.42. The highest BCUT2D eigenvalue weighted by atomic mass is 35.5. The second kappa shape index (κ2) is 5.49. The minimum Gasteiger partial charge on any atom is -0.365 e. The Labute approximate surface area is 110 Å². The van der Waals surface area contributed by atoms with Crippen LogP contribution in [0.15, 0.2) is 12.3 Å². The maximum Gasteiger partial charge on any atom is 0.289 e. The van der Waals surface area contributed by atoms with E-state index in [1.54, 1.807) is 0 Å². The fraction of sp³-hybridized carbons (Fsp3) is 0.545. The van der Waals surface area contributed by atoms with E-state index < -0.39 is 4.92 Å². The lowest BCUT2D eigenvalue weighted by Gasteiger charge is -2.29. The molecule has 0 radical (unpaired) electrons. The summed E-state index contributed by atoms with van der Waals surface area (Å²) in [5.74, 6) is 0.463. The SMILES string of the molecule is N[C@@H]1CCCC[C@H]1Nc1ncc([N+](=O)[O-])cc1Cl. The summed E-state index contributed by atoms with van der Waals surface area (Å²) >= 11 is 5.97. The first-order valence-corrected chi connectivity index (χ1v) is 6.28. The molecule has 1 aliphatic rings. The van der Waals surface area contributed by atoms with Gasteiger partial charge in [0.05, 0.1) is 9.95 Å². The maximum atomic E-state index is 10.6. The fourth-order valence-electron chi connectivity index (χ4n) is 2.15. The smallest absolute Gasteiger partial charge is 0.289 e. The third-order valence-electron chi connectivity index (χ3n) is 3.18. The fourth-order valence-corrected chi connectivity index (χ4v) is 2.36. The third kappa shape index (κ3) is 2.88. The van der Waals surface area contributed by atoms with E-state index in [4.69, 9.17) is 17.3 Å². The van der Waals surface area contributed by atoms with E-state index in [9.17, 15) is 10.1 Å². The quantitative estimate of drug-likeness (QED) is 0.649. The van der Waals surface area contributed by atoms with Gasteiger partial charge in [-0.2, -0.15) is 0 Å². The molecule has 1 aliphatic carbocycles. The molecule has 0 aromatic carbocycles. The summed E-state index contributed by atoms with van der Waals surface area (Å²) in [7, 11) is 0. The molecule has 2 atom stereocenters. The number of rotatable bonds is 3. The van der Waals surface area contributed by atoms with Gasteiger partial charge in [0.25, 0.3) is 5.69 Å². The summed E-state index contributed by atoms with van der Waals surface area (Å²) in [5.41, 5.74) is 5.90. The van der Waals surface area contributed by atoms with Crippen LogP contribution in [-0.4, -0.2) is 22.0 Å². The molecule has 0 saturated heterocycles. The van der Waals surface area contributed by atoms with Crippen LogP contribution in [0.2, 0.25) is 5.02 Å². The van der Waals surface area contributed by atoms with Gasteiger partial charge in [0.1, 0.15) is 12.0 Å². The summed E-state index contributed by atoms with van der Waals surface area (Å²) < 4.78 is 0. The van der Waals surface area contributed by atoms with Gasteiger partial charge in [-0.25, -0.2) is 4.98 Å². The van der Waals surface area contributed by atoms with Crippen molar-refractivity contribution in [2.75, 3.05) is 5.32 Å². The van der Waals surface area contributed by atoms with E-state index in [0.717, 1.165) is 25.7 Å². The van der Waals surface area contributed by atoms with Crippen LogP contribution in [0.3, 0.4) is 0 Å². The number of hydrogen-bond acceptors (Lipinski definition) is 5. The van der Waals surface area contributed by atoms with Crippen LogP contribution in [0.4, 0.5) is 11.5 Å². The molecule has 0 aliphatic heterocycles. The lowest BCUT2D eigenvalue weighted by atomic mass is 9.91. The summed E-state index contributed by atoms with van der Waals surface area (Å²) in [6.45, 7) is 0. The Bertz CT molecular complexity index is 455. The molecule has 18 heavy (non-hydrogen) atoms. The average Bonchev–Trinajstić information content (AvgIpc) is 2.34. The molecule has 3 N–H and O–H groups in total. The van der Waals surface area contributed by atoms with Gasteiger partial charge in [-0.3, -0.25) is 10.1 Å². The predicted octanol–water partition coefficient (Wildman–Crippen LogP) is 2.33. The van der Waals surface area contributed by atoms with Crippen molar-refractivity contribution in [1.29, 1.82) is 0 Å². The van der Waals surface area contributed by atoms with Crippen LogP contribution in [0, 0.1) is 10.1 Å². The van der Waals surface area contributed by atoms with E-state index in [1.165, 1.54) is 12.3 Å². The van der Waals surface area contributed by atoms with E-state index in [2.05, 4.69) is 10.3 Å². The van der Waals surface area contributed by atoms with Gasteiger partial charge in [0.2, 0.25) is 0 Å². The minimum atomic E-state index is -0.519. The number of nitrogens with zero attached hydrogens (tertiary/aromatic N) is 2. The van der Waals surface area contributed by atoms with Gasteiger partial charge in [-0.1, -0.05) is 24.4 Å². The second-order valence-electron chi connectivity index (χ2n) is 4.48. The number of halogens is 1. The summed E-state index contributed by atoms with van der Waals surface area (Å²) in [5, 5.41) is 14.0. The molecular formula is C11H15ClN4O2. The van der Waals surface area contributed by atoms with Crippen LogP contribution in [-0.2, 0) is 0 Å². The number of hydrogen-bond donors (Lipinski definition) is 2. The first-order chi connectivity index (χ1) is 8.58. The maximum absolute atomic E-state index is 10.6. The third-order valence-corrected chi connectivity index (χ3v) is 3.47. The van der Waals surface area contributed by atoms with Crippen LogP contribution in [0.25, 0.3) is 0 Å². The molecule has 0 bridgehead atoms. The molecule has 1 heterocycles. The Morgan fingerprint density at radius 1 is 1.50 bits per heavy atom. The normalized spacial score (nSPS) is 23.7. The summed E-state index contributed by atoms with van der Waals surface area (Å²) in [4.78, 5) is 14.0. The molecule has 1 aromatic heterocycles. The summed E-state index contributed by atoms with van der Waals surface area (Å²) in [6.07, 6.45) is 5.40. The topological polar surface area (TPSA) is 94.1 Å². The van der Waals surface area contributed by atoms with Crippen molar-refractivity contribution in [2.24, 2.45) is 5.73 Å².